The van der Waals surface area contributed by atoms with Crippen LogP contribution in [0.4, 0.5) is 4.79 Å². The van der Waals surface area contributed by atoms with E-state index in [4.69, 9.17) is 0 Å². The molecule has 4 amide bonds. The number of amides is 4. The van der Waals surface area contributed by atoms with Crippen LogP contribution in [-0.2, 0) is 9.59 Å². The van der Waals surface area contributed by atoms with Crippen LogP contribution in [0.15, 0.2) is 30.3 Å². The van der Waals surface area contributed by atoms with Crippen LogP contribution in [0.25, 0.3) is 5.57 Å². The van der Waals surface area contributed by atoms with Crippen molar-refractivity contribution in [2.45, 2.75) is 33.2 Å². The predicted octanol–water partition coefficient (Wildman–Crippen LogP) is 2.24. The Morgan fingerprint density at radius 2 is 1.72 bits per heavy atom. The molecule has 6 nitrogen and oxygen atoms in total. The molecule has 2 aliphatic rings. The summed E-state index contributed by atoms with van der Waals surface area (Å²) in [4.78, 5) is 40.5. The molecule has 0 saturated carbocycles. The third-order valence-electron chi connectivity index (χ3n) is 4.66. The third kappa shape index (κ3) is 3.35. The Labute approximate surface area is 147 Å². The molecule has 132 valence electrons. The molecule has 0 aliphatic carbocycles. The molecule has 1 aromatic carbocycles. The minimum Gasteiger partial charge on any atom is -0.281 e. The zero-order valence-corrected chi connectivity index (χ0v) is 14.9. The van der Waals surface area contributed by atoms with Gasteiger partial charge in [-0.25, -0.2) is 9.69 Å². The Bertz CT molecular complexity index is 737. The van der Waals surface area contributed by atoms with Gasteiger partial charge in [0.1, 0.15) is 0 Å². The minimum absolute atomic E-state index is 0.157. The van der Waals surface area contributed by atoms with Gasteiger partial charge in [-0.15, -0.1) is 0 Å². The summed E-state index contributed by atoms with van der Waals surface area (Å²) in [6.45, 7) is 7.06. The molecule has 3 rings (SSSR count). The number of hydrogen-bond donors (Lipinski definition) is 0. The van der Waals surface area contributed by atoms with E-state index in [1.807, 2.05) is 4.90 Å². The van der Waals surface area contributed by atoms with Gasteiger partial charge in [0.25, 0.3) is 0 Å². The van der Waals surface area contributed by atoms with Gasteiger partial charge in [0.05, 0.1) is 6.67 Å². The molecule has 0 aromatic heterocycles. The number of hydrogen-bond acceptors (Lipinski definition) is 4. The van der Waals surface area contributed by atoms with Crippen LogP contribution in [0.1, 0.15) is 31.4 Å². The van der Waals surface area contributed by atoms with Gasteiger partial charge in [0.15, 0.2) is 0 Å². The van der Waals surface area contributed by atoms with E-state index in [9.17, 15) is 14.4 Å². The van der Waals surface area contributed by atoms with Crippen LogP contribution in [0.2, 0.25) is 0 Å². The van der Waals surface area contributed by atoms with Gasteiger partial charge < -0.3 is 0 Å². The summed E-state index contributed by atoms with van der Waals surface area (Å²) < 4.78 is 0. The molecule has 0 N–H and O–H groups in total. The molecule has 0 bridgehead atoms. The smallest absolute Gasteiger partial charge is 0.281 e. The molecule has 6 heteroatoms. The summed E-state index contributed by atoms with van der Waals surface area (Å²) in [5.41, 5.74) is 3.71. The first-order valence-electron chi connectivity index (χ1n) is 8.56. The highest BCUT2D eigenvalue weighted by Gasteiger charge is 2.46. The van der Waals surface area contributed by atoms with Crippen LogP contribution < -0.4 is 0 Å². The van der Waals surface area contributed by atoms with Crippen molar-refractivity contribution in [2.24, 2.45) is 0 Å². The van der Waals surface area contributed by atoms with Gasteiger partial charge in [-0.2, -0.15) is 0 Å². The second kappa shape index (κ2) is 6.80. The number of imide groups is 2. The molecule has 0 radical (unpaired) electrons. The van der Waals surface area contributed by atoms with Crippen LogP contribution in [-0.4, -0.2) is 58.3 Å². The van der Waals surface area contributed by atoms with Gasteiger partial charge in [0.2, 0.25) is 0 Å². The average molecular weight is 341 g/mol. The number of nitrogens with zero attached hydrogens (tertiary/aromatic N) is 3. The Morgan fingerprint density at radius 3 is 2.24 bits per heavy atom. The molecule has 25 heavy (non-hydrogen) atoms. The number of carbonyl (C=O) groups excluding carboxylic acids is 3. The Morgan fingerprint density at radius 1 is 1.04 bits per heavy atom. The Kier molecular flexibility index (Phi) is 4.72. The van der Waals surface area contributed by atoms with E-state index in [-0.39, 0.29) is 12.7 Å². The lowest BCUT2D eigenvalue weighted by Crippen LogP contribution is -2.44. The zero-order chi connectivity index (χ0) is 18.1. The van der Waals surface area contributed by atoms with Crippen molar-refractivity contribution in [3.05, 3.63) is 41.5 Å². The van der Waals surface area contributed by atoms with Crippen LogP contribution in [0, 0.1) is 6.92 Å². The molecule has 1 saturated heterocycles. The number of benzene rings is 1. The summed E-state index contributed by atoms with van der Waals surface area (Å²) in [5, 5.41) is 0. The Hall–Kier alpha value is -2.47. The van der Waals surface area contributed by atoms with Crippen molar-refractivity contribution >= 4 is 23.4 Å². The van der Waals surface area contributed by atoms with Crippen LogP contribution >= 0.6 is 0 Å². The number of urea groups is 1. The SMILES string of the molecule is Cc1ccc(C2=CCN(CN3C(=O)C(=O)N(C(C)C)C3=O)CC2)cc1. The molecule has 1 aromatic rings. The van der Waals surface area contributed by atoms with Crippen molar-refractivity contribution in [1.29, 1.82) is 0 Å². The van der Waals surface area contributed by atoms with E-state index in [1.165, 1.54) is 16.7 Å². The zero-order valence-electron chi connectivity index (χ0n) is 14.9. The van der Waals surface area contributed by atoms with Crippen molar-refractivity contribution in [3.63, 3.8) is 0 Å². The van der Waals surface area contributed by atoms with E-state index in [1.54, 1.807) is 13.8 Å². The number of rotatable bonds is 4. The molecule has 0 unspecified atom stereocenters. The lowest BCUT2D eigenvalue weighted by molar-refractivity contribution is -0.144. The second-order valence-electron chi connectivity index (χ2n) is 6.85. The lowest BCUT2D eigenvalue weighted by atomic mass is 9.99. The summed E-state index contributed by atoms with van der Waals surface area (Å²) in [6.07, 6.45) is 2.97. The maximum absolute atomic E-state index is 12.3. The van der Waals surface area contributed by atoms with E-state index >= 15 is 0 Å². The highest BCUT2D eigenvalue weighted by Crippen LogP contribution is 2.23. The van der Waals surface area contributed by atoms with Gasteiger partial charge in [-0.05, 0) is 38.3 Å². The molecule has 2 heterocycles. The number of aryl methyl sites for hydroxylation is 1. The van der Waals surface area contributed by atoms with Gasteiger partial charge in [-0.1, -0.05) is 35.9 Å². The van der Waals surface area contributed by atoms with Crippen LogP contribution in [0.3, 0.4) is 0 Å². The number of carbonyl (C=O) groups is 3. The average Bonchev–Trinajstić information content (AvgIpc) is 2.80. The third-order valence-corrected chi connectivity index (χ3v) is 4.66. The van der Waals surface area contributed by atoms with E-state index < -0.39 is 17.8 Å². The highest BCUT2D eigenvalue weighted by molar-refractivity contribution is 6.44. The van der Waals surface area contributed by atoms with Gasteiger partial charge in [-0.3, -0.25) is 19.4 Å². The fourth-order valence-corrected chi connectivity index (χ4v) is 3.17. The first kappa shape index (κ1) is 17.4. The summed E-state index contributed by atoms with van der Waals surface area (Å²) in [7, 11) is 0. The fraction of sp³-hybridized carbons (Fsp3) is 0.421. The summed E-state index contributed by atoms with van der Waals surface area (Å²) >= 11 is 0. The normalized spacial score (nSPS) is 19.2. The highest BCUT2D eigenvalue weighted by atomic mass is 16.2. The minimum atomic E-state index is -0.730. The van der Waals surface area contributed by atoms with Crippen LogP contribution in [0.5, 0.6) is 0 Å². The first-order chi connectivity index (χ1) is 11.9. The van der Waals surface area contributed by atoms with Crippen molar-refractivity contribution < 1.29 is 14.4 Å². The molecule has 0 spiro atoms. The van der Waals surface area contributed by atoms with E-state index in [0.717, 1.165) is 22.8 Å². The molecule has 1 fully saturated rings. The first-order valence-corrected chi connectivity index (χ1v) is 8.56. The van der Waals surface area contributed by atoms with Crippen molar-refractivity contribution in [3.8, 4) is 0 Å². The summed E-state index contributed by atoms with van der Waals surface area (Å²) in [5.74, 6) is -1.46. The molecular formula is C19H23N3O3. The molecule has 0 atom stereocenters. The second-order valence-corrected chi connectivity index (χ2v) is 6.85. The van der Waals surface area contributed by atoms with Gasteiger partial charge >= 0.3 is 17.8 Å². The molecule has 2 aliphatic heterocycles. The van der Waals surface area contributed by atoms with E-state index in [0.29, 0.717) is 6.54 Å². The topological polar surface area (TPSA) is 60.9 Å². The maximum Gasteiger partial charge on any atom is 0.335 e. The van der Waals surface area contributed by atoms with E-state index in [2.05, 4.69) is 37.3 Å². The fourth-order valence-electron chi connectivity index (χ4n) is 3.17. The standard InChI is InChI=1S/C19H23N3O3/c1-13(2)22-18(24)17(23)21(19(22)25)12-20-10-8-16(9-11-20)15-6-4-14(3)5-7-15/h4-8,13H,9-12H2,1-3H3. The maximum atomic E-state index is 12.3. The predicted molar refractivity (Wildman–Crippen MR) is 94.4 cm³/mol. The van der Waals surface area contributed by atoms with Crippen molar-refractivity contribution in [1.82, 2.24) is 14.7 Å². The molecular weight excluding hydrogens is 318 g/mol. The quantitative estimate of drug-likeness (QED) is 0.622. The monoisotopic (exact) mass is 341 g/mol. The summed E-state index contributed by atoms with van der Waals surface area (Å²) in [6, 6.07) is 7.58. The lowest BCUT2D eigenvalue weighted by Gasteiger charge is -2.29. The van der Waals surface area contributed by atoms with Crippen molar-refractivity contribution in [2.75, 3.05) is 19.8 Å². The largest absolute Gasteiger partial charge is 0.335 e. The Balaban J connectivity index is 1.66. The van der Waals surface area contributed by atoms with Gasteiger partial charge in [0, 0.05) is 19.1 Å².